The number of aromatic nitrogens is 2. The van der Waals surface area contributed by atoms with Crippen molar-refractivity contribution in [1.82, 2.24) is 9.97 Å². The van der Waals surface area contributed by atoms with Gasteiger partial charge in [-0.15, -0.1) is 0 Å². The predicted octanol–water partition coefficient (Wildman–Crippen LogP) is 2.85. The highest BCUT2D eigenvalue weighted by Crippen LogP contribution is 2.34. The van der Waals surface area contributed by atoms with Crippen LogP contribution in [0.2, 0.25) is 0 Å². The number of para-hydroxylation sites is 1. The minimum atomic E-state index is 0.816. The van der Waals surface area contributed by atoms with E-state index in [4.69, 9.17) is 4.74 Å². The second-order valence-electron chi connectivity index (χ2n) is 2.79. The molecule has 1 N–H and O–H groups in total. The van der Waals surface area contributed by atoms with Crippen LogP contribution in [0, 0.1) is 0 Å². The fourth-order valence-corrected chi connectivity index (χ4v) is 1.86. The molecule has 3 nitrogen and oxygen atoms in total. The van der Waals surface area contributed by atoms with Crippen LogP contribution in [0.4, 0.5) is 0 Å². The molecule has 0 aliphatic heterocycles. The minimum absolute atomic E-state index is 0.816. The minimum Gasteiger partial charge on any atom is -0.495 e. The molecule has 2 aromatic rings. The van der Waals surface area contributed by atoms with E-state index in [1.807, 2.05) is 18.2 Å². The highest BCUT2D eigenvalue weighted by molar-refractivity contribution is 9.10. The molecule has 0 unspecified atom stereocenters. The molecule has 1 aromatic heterocycles. The van der Waals surface area contributed by atoms with Gasteiger partial charge in [-0.25, -0.2) is 4.98 Å². The quantitative estimate of drug-likeness (QED) is 0.893. The number of halogens is 1. The summed E-state index contributed by atoms with van der Waals surface area (Å²) in [7, 11) is 1.65. The highest BCUT2D eigenvalue weighted by atomic mass is 79.9. The standard InChI is InChI=1S/C10H9BrN2O/c1-14-10-7(3-2-4-8(10)11)9-5-12-6-13-9/h2-6H,1H3,(H,12,13). The first-order valence-corrected chi connectivity index (χ1v) is 4.93. The Morgan fingerprint density at radius 2 is 2.29 bits per heavy atom. The molecule has 2 rings (SSSR count). The van der Waals surface area contributed by atoms with Crippen molar-refractivity contribution in [2.24, 2.45) is 0 Å². The summed E-state index contributed by atoms with van der Waals surface area (Å²) in [6, 6.07) is 5.89. The Hall–Kier alpha value is -1.29. The topological polar surface area (TPSA) is 37.9 Å². The van der Waals surface area contributed by atoms with Crippen molar-refractivity contribution >= 4 is 15.9 Å². The molecule has 72 valence electrons. The van der Waals surface area contributed by atoms with E-state index in [1.165, 1.54) is 0 Å². The Morgan fingerprint density at radius 1 is 1.43 bits per heavy atom. The molecule has 1 aromatic carbocycles. The van der Waals surface area contributed by atoms with Gasteiger partial charge < -0.3 is 9.72 Å². The molecule has 0 aliphatic carbocycles. The lowest BCUT2D eigenvalue weighted by Gasteiger charge is -2.07. The normalized spacial score (nSPS) is 10.1. The van der Waals surface area contributed by atoms with Crippen LogP contribution in [0.15, 0.2) is 35.2 Å². The van der Waals surface area contributed by atoms with Crippen molar-refractivity contribution in [1.29, 1.82) is 0 Å². The first kappa shape index (κ1) is 9.27. The third-order valence-corrected chi connectivity index (χ3v) is 2.58. The fraction of sp³-hybridized carbons (Fsp3) is 0.100. The van der Waals surface area contributed by atoms with Crippen LogP contribution in [-0.2, 0) is 0 Å². The molecule has 4 heteroatoms. The number of imidazole rings is 1. The summed E-state index contributed by atoms with van der Waals surface area (Å²) in [4.78, 5) is 7.02. The van der Waals surface area contributed by atoms with Gasteiger partial charge in [-0.1, -0.05) is 6.07 Å². The van der Waals surface area contributed by atoms with E-state index in [1.54, 1.807) is 19.6 Å². The zero-order valence-electron chi connectivity index (χ0n) is 7.62. The van der Waals surface area contributed by atoms with Crippen molar-refractivity contribution in [3.8, 4) is 17.0 Å². The average molecular weight is 253 g/mol. The molecule has 14 heavy (non-hydrogen) atoms. The first-order chi connectivity index (χ1) is 6.83. The summed E-state index contributed by atoms with van der Waals surface area (Å²) in [5.74, 6) is 0.816. The third-order valence-electron chi connectivity index (χ3n) is 1.96. The van der Waals surface area contributed by atoms with Gasteiger partial charge in [0.25, 0.3) is 0 Å². The van der Waals surface area contributed by atoms with Crippen molar-refractivity contribution in [2.45, 2.75) is 0 Å². The Labute approximate surface area is 90.3 Å². The summed E-state index contributed by atoms with van der Waals surface area (Å²) in [5.41, 5.74) is 1.95. The van der Waals surface area contributed by atoms with Gasteiger partial charge in [0.1, 0.15) is 5.75 Å². The Kier molecular flexibility index (Phi) is 2.54. The molecule has 0 saturated carbocycles. The van der Waals surface area contributed by atoms with Gasteiger partial charge in [-0.05, 0) is 28.1 Å². The number of hydrogen-bond donors (Lipinski definition) is 1. The summed E-state index contributed by atoms with van der Waals surface area (Å²) in [5, 5.41) is 0. The zero-order chi connectivity index (χ0) is 9.97. The average Bonchev–Trinajstić information content (AvgIpc) is 2.70. The molecule has 0 bridgehead atoms. The molecular formula is C10H9BrN2O. The van der Waals surface area contributed by atoms with Gasteiger partial charge in [-0.2, -0.15) is 0 Å². The summed E-state index contributed by atoms with van der Waals surface area (Å²) < 4.78 is 6.24. The largest absolute Gasteiger partial charge is 0.495 e. The van der Waals surface area contributed by atoms with Crippen LogP contribution in [0.5, 0.6) is 5.75 Å². The Morgan fingerprint density at radius 3 is 2.93 bits per heavy atom. The molecule has 0 saturated heterocycles. The van der Waals surface area contributed by atoms with Crippen molar-refractivity contribution in [3.63, 3.8) is 0 Å². The van der Waals surface area contributed by atoms with Gasteiger partial charge in [0, 0.05) is 5.56 Å². The second-order valence-corrected chi connectivity index (χ2v) is 3.64. The lowest BCUT2D eigenvalue weighted by molar-refractivity contribution is 0.413. The highest BCUT2D eigenvalue weighted by Gasteiger charge is 2.09. The van der Waals surface area contributed by atoms with Gasteiger partial charge in [0.05, 0.1) is 29.8 Å². The number of ether oxygens (including phenoxy) is 1. The van der Waals surface area contributed by atoms with Crippen LogP contribution < -0.4 is 4.74 Å². The number of H-pyrrole nitrogens is 1. The molecule has 0 amide bonds. The van der Waals surface area contributed by atoms with E-state index in [0.717, 1.165) is 21.5 Å². The second kappa shape index (κ2) is 3.84. The number of rotatable bonds is 2. The maximum Gasteiger partial charge on any atom is 0.142 e. The number of methoxy groups -OCH3 is 1. The maximum absolute atomic E-state index is 5.31. The van der Waals surface area contributed by atoms with E-state index >= 15 is 0 Å². The molecule has 0 aliphatic rings. The lowest BCUT2D eigenvalue weighted by atomic mass is 10.1. The molecule has 0 atom stereocenters. The molecule has 1 heterocycles. The van der Waals surface area contributed by atoms with Gasteiger partial charge >= 0.3 is 0 Å². The Bertz CT molecular complexity index is 426. The number of benzene rings is 1. The monoisotopic (exact) mass is 252 g/mol. The lowest BCUT2D eigenvalue weighted by Crippen LogP contribution is -1.88. The smallest absolute Gasteiger partial charge is 0.142 e. The predicted molar refractivity (Wildman–Crippen MR) is 58.3 cm³/mol. The van der Waals surface area contributed by atoms with Crippen LogP contribution in [0.3, 0.4) is 0 Å². The van der Waals surface area contributed by atoms with E-state index in [2.05, 4.69) is 25.9 Å². The van der Waals surface area contributed by atoms with E-state index in [9.17, 15) is 0 Å². The van der Waals surface area contributed by atoms with Crippen LogP contribution in [0.25, 0.3) is 11.3 Å². The summed E-state index contributed by atoms with van der Waals surface area (Å²) >= 11 is 3.43. The van der Waals surface area contributed by atoms with Crippen molar-refractivity contribution in [2.75, 3.05) is 7.11 Å². The van der Waals surface area contributed by atoms with E-state index < -0.39 is 0 Å². The van der Waals surface area contributed by atoms with Crippen LogP contribution in [0.1, 0.15) is 0 Å². The summed E-state index contributed by atoms with van der Waals surface area (Å²) in [6.45, 7) is 0. The fourth-order valence-electron chi connectivity index (χ4n) is 1.33. The number of aromatic amines is 1. The van der Waals surface area contributed by atoms with Crippen molar-refractivity contribution in [3.05, 3.63) is 35.2 Å². The third kappa shape index (κ3) is 1.53. The van der Waals surface area contributed by atoms with Crippen molar-refractivity contribution < 1.29 is 4.74 Å². The zero-order valence-corrected chi connectivity index (χ0v) is 9.21. The molecule has 0 radical (unpaired) electrons. The maximum atomic E-state index is 5.31. The van der Waals surface area contributed by atoms with Gasteiger partial charge in [0.15, 0.2) is 0 Å². The van der Waals surface area contributed by atoms with Crippen LogP contribution >= 0.6 is 15.9 Å². The number of nitrogens with one attached hydrogen (secondary N) is 1. The summed E-state index contributed by atoms with van der Waals surface area (Å²) in [6.07, 6.45) is 3.42. The van der Waals surface area contributed by atoms with Gasteiger partial charge in [0.2, 0.25) is 0 Å². The number of hydrogen-bond acceptors (Lipinski definition) is 2. The van der Waals surface area contributed by atoms with Gasteiger partial charge in [-0.3, -0.25) is 0 Å². The first-order valence-electron chi connectivity index (χ1n) is 4.14. The Balaban J connectivity index is 2.58. The molecule has 0 fully saturated rings. The van der Waals surface area contributed by atoms with E-state index in [0.29, 0.717) is 0 Å². The molecular weight excluding hydrogens is 244 g/mol. The van der Waals surface area contributed by atoms with Crippen LogP contribution in [-0.4, -0.2) is 17.1 Å². The SMILES string of the molecule is COc1c(Br)cccc1-c1cnc[nH]1. The molecule has 0 spiro atoms. The number of nitrogens with zero attached hydrogens (tertiary/aromatic N) is 1. The van der Waals surface area contributed by atoms with E-state index in [-0.39, 0.29) is 0 Å².